The van der Waals surface area contributed by atoms with Gasteiger partial charge in [-0.1, -0.05) is 30.3 Å². The molecular weight excluding hydrogens is 355 g/mol. The Morgan fingerprint density at radius 1 is 1.22 bits per heavy atom. The number of hydrogen-bond acceptors (Lipinski definition) is 5. The topological polar surface area (TPSA) is 89.8 Å². The highest BCUT2D eigenvalue weighted by molar-refractivity contribution is 5.89. The minimum absolute atomic E-state index is 0.0482. The first-order chi connectivity index (χ1) is 12.9. The fourth-order valence-electron chi connectivity index (χ4n) is 2.17. The molecule has 0 saturated carbocycles. The van der Waals surface area contributed by atoms with E-state index >= 15 is 0 Å². The molecule has 8 heteroatoms. The standard InChI is InChI=1S/C19H17FN2O5/c1-21(12-15-6-2-3-8-17(15)20)18(23)13-27-19(24)10-9-14-5-4-7-16(11-14)22(25)26/h2-11H,12-13H2,1H3/b10-9+. The van der Waals surface area contributed by atoms with Gasteiger partial charge < -0.3 is 9.64 Å². The SMILES string of the molecule is CN(Cc1ccccc1F)C(=O)COC(=O)/C=C/c1cccc([N+](=O)[O-])c1. The normalized spacial score (nSPS) is 10.6. The van der Waals surface area contributed by atoms with E-state index in [-0.39, 0.29) is 12.2 Å². The number of benzene rings is 2. The highest BCUT2D eigenvalue weighted by Crippen LogP contribution is 2.14. The summed E-state index contributed by atoms with van der Waals surface area (Å²) >= 11 is 0. The summed E-state index contributed by atoms with van der Waals surface area (Å²) in [6.45, 7) is -0.449. The molecule has 0 heterocycles. The molecule has 0 aliphatic heterocycles. The number of non-ortho nitro benzene ring substituents is 1. The number of nitro benzene ring substituents is 1. The predicted molar refractivity (Wildman–Crippen MR) is 96.0 cm³/mol. The van der Waals surface area contributed by atoms with E-state index < -0.39 is 29.2 Å². The van der Waals surface area contributed by atoms with Crippen molar-refractivity contribution >= 4 is 23.6 Å². The number of halogens is 1. The van der Waals surface area contributed by atoms with Gasteiger partial charge in [0.2, 0.25) is 0 Å². The van der Waals surface area contributed by atoms with Crippen LogP contribution in [0.25, 0.3) is 6.08 Å². The van der Waals surface area contributed by atoms with E-state index in [1.165, 1.54) is 42.3 Å². The van der Waals surface area contributed by atoms with Crippen molar-refractivity contribution in [2.45, 2.75) is 6.54 Å². The highest BCUT2D eigenvalue weighted by atomic mass is 19.1. The molecule has 2 aromatic rings. The van der Waals surface area contributed by atoms with Gasteiger partial charge in [0.25, 0.3) is 11.6 Å². The lowest BCUT2D eigenvalue weighted by Gasteiger charge is -2.17. The van der Waals surface area contributed by atoms with Crippen LogP contribution in [0.2, 0.25) is 0 Å². The maximum atomic E-state index is 13.6. The fourth-order valence-corrected chi connectivity index (χ4v) is 2.17. The van der Waals surface area contributed by atoms with E-state index in [1.54, 1.807) is 24.3 Å². The van der Waals surface area contributed by atoms with Crippen molar-refractivity contribution in [2.24, 2.45) is 0 Å². The average molecular weight is 372 g/mol. The first-order valence-electron chi connectivity index (χ1n) is 7.93. The van der Waals surface area contributed by atoms with Gasteiger partial charge in [-0.15, -0.1) is 0 Å². The molecule has 0 aromatic heterocycles. The van der Waals surface area contributed by atoms with Crippen LogP contribution in [-0.2, 0) is 20.9 Å². The van der Waals surface area contributed by atoms with Crippen molar-refractivity contribution in [3.63, 3.8) is 0 Å². The number of rotatable bonds is 7. The molecule has 0 aliphatic carbocycles. The zero-order valence-electron chi connectivity index (χ0n) is 14.5. The van der Waals surface area contributed by atoms with Gasteiger partial charge in [0, 0.05) is 37.4 Å². The predicted octanol–water partition coefficient (Wildman–Crippen LogP) is 2.95. The molecule has 0 N–H and O–H groups in total. The Morgan fingerprint density at radius 3 is 2.67 bits per heavy atom. The maximum absolute atomic E-state index is 13.6. The van der Waals surface area contributed by atoms with Crippen LogP contribution < -0.4 is 0 Å². The minimum Gasteiger partial charge on any atom is -0.452 e. The number of carbonyl (C=O) groups is 2. The molecule has 0 unspecified atom stereocenters. The third-order valence-electron chi connectivity index (χ3n) is 3.62. The Kier molecular flexibility index (Phi) is 6.76. The Hall–Kier alpha value is -3.55. The molecule has 140 valence electrons. The summed E-state index contributed by atoms with van der Waals surface area (Å²) in [6.07, 6.45) is 2.42. The van der Waals surface area contributed by atoms with Crippen molar-refractivity contribution in [1.82, 2.24) is 4.90 Å². The van der Waals surface area contributed by atoms with Crippen LogP contribution in [0, 0.1) is 15.9 Å². The second-order valence-electron chi connectivity index (χ2n) is 5.63. The molecule has 0 saturated heterocycles. The third-order valence-corrected chi connectivity index (χ3v) is 3.62. The molecule has 0 atom stereocenters. The van der Waals surface area contributed by atoms with Gasteiger partial charge in [0.1, 0.15) is 5.82 Å². The van der Waals surface area contributed by atoms with Crippen molar-refractivity contribution in [3.05, 3.63) is 81.7 Å². The van der Waals surface area contributed by atoms with Crippen LogP contribution in [0.3, 0.4) is 0 Å². The maximum Gasteiger partial charge on any atom is 0.331 e. The fraction of sp³-hybridized carbons (Fsp3) is 0.158. The van der Waals surface area contributed by atoms with Gasteiger partial charge in [-0.3, -0.25) is 14.9 Å². The number of ether oxygens (including phenoxy) is 1. The van der Waals surface area contributed by atoms with Crippen LogP contribution >= 0.6 is 0 Å². The zero-order valence-corrected chi connectivity index (χ0v) is 14.5. The number of amides is 1. The first kappa shape index (κ1) is 19.8. The zero-order chi connectivity index (χ0) is 19.8. The molecule has 0 bridgehead atoms. The van der Waals surface area contributed by atoms with Gasteiger partial charge in [0.15, 0.2) is 6.61 Å². The van der Waals surface area contributed by atoms with Crippen molar-refractivity contribution < 1.29 is 23.6 Å². The summed E-state index contributed by atoms with van der Waals surface area (Å²) in [5.74, 6) is -1.68. The smallest absolute Gasteiger partial charge is 0.331 e. The molecule has 2 aromatic carbocycles. The van der Waals surface area contributed by atoms with E-state index in [1.807, 2.05) is 0 Å². The summed E-state index contributed by atoms with van der Waals surface area (Å²) < 4.78 is 18.4. The molecule has 1 amide bonds. The summed E-state index contributed by atoms with van der Waals surface area (Å²) in [7, 11) is 1.47. The first-order valence-corrected chi connectivity index (χ1v) is 7.93. The lowest BCUT2D eigenvalue weighted by molar-refractivity contribution is -0.384. The van der Waals surface area contributed by atoms with E-state index in [4.69, 9.17) is 4.74 Å². The van der Waals surface area contributed by atoms with Gasteiger partial charge >= 0.3 is 5.97 Å². The summed E-state index contributed by atoms with van der Waals surface area (Å²) in [5, 5.41) is 10.7. The van der Waals surface area contributed by atoms with Crippen LogP contribution in [0.5, 0.6) is 0 Å². The van der Waals surface area contributed by atoms with Gasteiger partial charge in [-0.2, -0.15) is 0 Å². The summed E-state index contributed by atoms with van der Waals surface area (Å²) in [5.41, 5.74) is 0.699. The van der Waals surface area contributed by atoms with Crippen molar-refractivity contribution in [2.75, 3.05) is 13.7 Å². The van der Waals surface area contributed by atoms with Crippen LogP contribution in [0.1, 0.15) is 11.1 Å². The second kappa shape index (κ2) is 9.23. The number of nitro groups is 1. The highest BCUT2D eigenvalue weighted by Gasteiger charge is 2.13. The Bertz CT molecular complexity index is 882. The Labute approximate surface area is 154 Å². The van der Waals surface area contributed by atoms with Crippen molar-refractivity contribution in [3.8, 4) is 0 Å². The van der Waals surface area contributed by atoms with Gasteiger partial charge in [0.05, 0.1) is 4.92 Å². The monoisotopic (exact) mass is 372 g/mol. The molecule has 0 fully saturated rings. The van der Waals surface area contributed by atoms with Crippen LogP contribution in [0.4, 0.5) is 10.1 Å². The number of hydrogen-bond donors (Lipinski definition) is 0. The van der Waals surface area contributed by atoms with E-state index in [0.717, 1.165) is 6.08 Å². The molecule has 7 nitrogen and oxygen atoms in total. The number of esters is 1. The van der Waals surface area contributed by atoms with Crippen molar-refractivity contribution in [1.29, 1.82) is 0 Å². The van der Waals surface area contributed by atoms with Crippen LogP contribution in [0.15, 0.2) is 54.6 Å². The average Bonchev–Trinajstić information content (AvgIpc) is 2.66. The second-order valence-corrected chi connectivity index (χ2v) is 5.63. The minimum atomic E-state index is -0.769. The van der Waals surface area contributed by atoms with E-state index in [0.29, 0.717) is 11.1 Å². The number of likely N-dealkylation sites (N-methyl/N-ethyl adjacent to an activating group) is 1. The quantitative estimate of drug-likeness (QED) is 0.323. The molecule has 0 aliphatic rings. The molecule has 0 spiro atoms. The number of nitrogens with zero attached hydrogens (tertiary/aromatic N) is 2. The van der Waals surface area contributed by atoms with Gasteiger partial charge in [-0.05, 0) is 17.7 Å². The van der Waals surface area contributed by atoms with E-state index in [2.05, 4.69) is 0 Å². The van der Waals surface area contributed by atoms with Gasteiger partial charge in [-0.25, -0.2) is 9.18 Å². The molecule has 2 rings (SSSR count). The molecule has 0 radical (unpaired) electrons. The third kappa shape index (κ3) is 6.03. The number of carbonyl (C=O) groups excluding carboxylic acids is 2. The molecular formula is C19H17FN2O5. The summed E-state index contributed by atoms with van der Waals surface area (Å²) in [4.78, 5) is 35.1. The lowest BCUT2D eigenvalue weighted by Crippen LogP contribution is -2.30. The van der Waals surface area contributed by atoms with Crippen LogP contribution in [-0.4, -0.2) is 35.4 Å². The Morgan fingerprint density at radius 2 is 1.96 bits per heavy atom. The lowest BCUT2D eigenvalue weighted by atomic mass is 10.2. The van der Waals surface area contributed by atoms with E-state index in [9.17, 15) is 24.1 Å². The summed E-state index contributed by atoms with van der Waals surface area (Å²) in [6, 6.07) is 11.8. The Balaban J connectivity index is 1.85. The largest absolute Gasteiger partial charge is 0.452 e. The molecule has 27 heavy (non-hydrogen) atoms.